The van der Waals surface area contributed by atoms with Crippen LogP contribution in [0.25, 0.3) is 61.7 Å². The van der Waals surface area contributed by atoms with E-state index in [1.54, 1.807) is 0 Å². The summed E-state index contributed by atoms with van der Waals surface area (Å²) in [6.45, 7) is 0. The van der Waals surface area contributed by atoms with Gasteiger partial charge in [0.05, 0.1) is 5.52 Å². The molecule has 0 saturated carbocycles. The Morgan fingerprint density at radius 1 is 0.447 bits per heavy atom. The largest absolute Gasteiger partial charge is 0.310 e. The quantitative estimate of drug-likeness (QED) is 0.259. The van der Waals surface area contributed by atoms with E-state index in [-0.39, 0.29) is 0 Å². The van der Waals surface area contributed by atoms with Crippen molar-refractivity contribution in [2.45, 2.75) is 0 Å². The van der Waals surface area contributed by atoms with Gasteiger partial charge in [-0.2, -0.15) is 0 Å². The van der Waals surface area contributed by atoms with Crippen LogP contribution in [-0.2, 0) is 0 Å². The van der Waals surface area contributed by atoms with E-state index in [9.17, 15) is 0 Å². The lowest BCUT2D eigenvalue weighted by molar-refractivity contribution is 1.07. The van der Waals surface area contributed by atoms with Crippen LogP contribution in [0.3, 0.4) is 0 Å². The maximum absolute atomic E-state index is 6.48. The molecule has 5 aromatic carbocycles. The van der Waals surface area contributed by atoms with E-state index in [4.69, 9.17) is 22.8 Å². The number of benzene rings is 5. The third-order valence-corrected chi connectivity index (χ3v) is 6.81. The maximum atomic E-state index is 6.48. The first kappa shape index (κ1) is 22.2. The van der Waals surface area contributed by atoms with Gasteiger partial charge in [-0.05, 0) is 30.3 Å². The molecule has 0 aliphatic heterocycles. The molecule has 0 amide bonds. The van der Waals surface area contributed by atoms with Crippen LogP contribution in [0.5, 0.6) is 0 Å². The lowest BCUT2D eigenvalue weighted by Gasteiger charge is -2.11. The molecule has 2 heterocycles. The molecule has 38 heavy (non-hydrogen) atoms. The van der Waals surface area contributed by atoms with Crippen LogP contribution in [0.2, 0.25) is 0 Å². The Hall–Kier alpha value is -5.03. The molecular formula is C33H21BN4. The van der Waals surface area contributed by atoms with Crippen LogP contribution in [-0.4, -0.2) is 27.4 Å². The van der Waals surface area contributed by atoms with E-state index in [0.717, 1.165) is 44.3 Å². The van der Waals surface area contributed by atoms with Gasteiger partial charge in [0, 0.05) is 38.7 Å². The molecule has 0 atom stereocenters. The van der Waals surface area contributed by atoms with Gasteiger partial charge < -0.3 is 4.57 Å². The summed E-state index contributed by atoms with van der Waals surface area (Å²) in [5.41, 5.74) is 6.72. The first-order valence-corrected chi connectivity index (χ1v) is 12.5. The molecule has 4 nitrogen and oxygen atoms in total. The minimum Gasteiger partial charge on any atom is -0.310 e. The van der Waals surface area contributed by atoms with Crippen LogP contribution in [0.15, 0.2) is 127 Å². The first-order valence-electron chi connectivity index (χ1n) is 12.5. The lowest BCUT2D eigenvalue weighted by Crippen LogP contribution is -2.08. The molecule has 2 aromatic heterocycles. The van der Waals surface area contributed by atoms with Gasteiger partial charge in [-0.3, -0.25) is 0 Å². The number of rotatable bonds is 4. The Balaban J connectivity index is 1.38. The van der Waals surface area contributed by atoms with E-state index in [1.807, 2.05) is 72.8 Å². The van der Waals surface area contributed by atoms with Crippen LogP contribution in [0.4, 0.5) is 0 Å². The zero-order chi connectivity index (χ0) is 25.5. The molecule has 7 rings (SSSR count). The SMILES string of the molecule is [B]c1cccc2c3ccccc3n(-c3ccc(-c4nc(-c5ccccc5)nc(-c5ccccc5)n4)cc3)c12. The summed E-state index contributed by atoms with van der Waals surface area (Å²) >= 11 is 0. The van der Waals surface area contributed by atoms with Gasteiger partial charge in [-0.25, -0.2) is 15.0 Å². The standard InChI is InChI=1S/C33H21BN4/c34-28-16-9-15-27-26-14-7-8-17-29(26)38(30(27)28)25-20-18-24(19-21-25)33-36-31(22-10-3-1-4-11-22)35-32(37-33)23-12-5-2-6-13-23/h1-21H. The summed E-state index contributed by atoms with van der Waals surface area (Å²) in [5.74, 6) is 1.92. The molecule has 0 spiro atoms. The highest BCUT2D eigenvalue weighted by Crippen LogP contribution is 2.32. The van der Waals surface area contributed by atoms with Crippen LogP contribution in [0, 0.1) is 0 Å². The summed E-state index contributed by atoms with van der Waals surface area (Å²) in [5, 5.41) is 2.32. The number of hydrogen-bond acceptors (Lipinski definition) is 3. The van der Waals surface area contributed by atoms with Gasteiger partial charge >= 0.3 is 0 Å². The van der Waals surface area contributed by atoms with Crippen molar-refractivity contribution in [2.75, 3.05) is 0 Å². The summed E-state index contributed by atoms with van der Waals surface area (Å²) in [7, 11) is 6.48. The molecule has 0 aliphatic carbocycles. The number of para-hydroxylation sites is 2. The van der Waals surface area contributed by atoms with Crippen molar-refractivity contribution >= 4 is 35.1 Å². The molecule has 0 unspecified atom stereocenters. The van der Waals surface area contributed by atoms with Crippen molar-refractivity contribution < 1.29 is 0 Å². The molecule has 0 aliphatic rings. The van der Waals surface area contributed by atoms with Gasteiger partial charge in [0.25, 0.3) is 0 Å². The maximum Gasteiger partial charge on any atom is 0.164 e. The van der Waals surface area contributed by atoms with Gasteiger partial charge in [0.1, 0.15) is 7.85 Å². The summed E-state index contributed by atoms with van der Waals surface area (Å²) in [6, 6.07) is 42.8. The molecule has 5 heteroatoms. The van der Waals surface area contributed by atoms with Gasteiger partial charge in [0.15, 0.2) is 17.5 Å². The highest BCUT2D eigenvalue weighted by Gasteiger charge is 2.15. The second kappa shape index (κ2) is 9.13. The predicted molar refractivity (Wildman–Crippen MR) is 156 cm³/mol. The third-order valence-electron chi connectivity index (χ3n) is 6.81. The van der Waals surface area contributed by atoms with E-state index >= 15 is 0 Å². The third kappa shape index (κ3) is 3.77. The van der Waals surface area contributed by atoms with E-state index in [1.165, 1.54) is 5.39 Å². The molecular weight excluding hydrogens is 463 g/mol. The van der Waals surface area contributed by atoms with Gasteiger partial charge in [0.2, 0.25) is 0 Å². The van der Waals surface area contributed by atoms with Crippen LogP contribution >= 0.6 is 0 Å². The molecule has 0 N–H and O–H groups in total. The smallest absolute Gasteiger partial charge is 0.164 e. The second-order valence-corrected chi connectivity index (χ2v) is 9.18. The van der Waals surface area contributed by atoms with Crippen LogP contribution < -0.4 is 5.46 Å². The average Bonchev–Trinajstić information content (AvgIpc) is 3.34. The minimum atomic E-state index is 0.631. The molecule has 176 valence electrons. The van der Waals surface area contributed by atoms with E-state index < -0.39 is 0 Å². The minimum absolute atomic E-state index is 0.631. The number of nitrogens with zero attached hydrogens (tertiary/aromatic N) is 4. The van der Waals surface area contributed by atoms with Crippen molar-refractivity contribution in [1.82, 2.24) is 19.5 Å². The highest BCUT2D eigenvalue weighted by atomic mass is 15.0. The first-order chi connectivity index (χ1) is 18.8. The monoisotopic (exact) mass is 484 g/mol. The van der Waals surface area contributed by atoms with Gasteiger partial charge in [-0.15, -0.1) is 0 Å². The Morgan fingerprint density at radius 3 is 1.55 bits per heavy atom. The van der Waals surface area contributed by atoms with E-state index in [0.29, 0.717) is 17.5 Å². The summed E-state index contributed by atoms with van der Waals surface area (Å²) in [6.07, 6.45) is 0. The normalized spacial score (nSPS) is 11.3. The lowest BCUT2D eigenvalue weighted by atomic mass is 9.93. The number of fused-ring (bicyclic) bond motifs is 3. The average molecular weight is 484 g/mol. The Morgan fingerprint density at radius 2 is 0.947 bits per heavy atom. The highest BCUT2D eigenvalue weighted by molar-refractivity contribution is 6.40. The summed E-state index contributed by atoms with van der Waals surface area (Å²) < 4.78 is 2.22. The fourth-order valence-electron chi connectivity index (χ4n) is 5.01. The van der Waals surface area contributed by atoms with Crippen molar-refractivity contribution in [3.63, 3.8) is 0 Å². The number of aromatic nitrogens is 4. The van der Waals surface area contributed by atoms with Crippen molar-refractivity contribution in [3.8, 4) is 39.9 Å². The van der Waals surface area contributed by atoms with Crippen molar-refractivity contribution in [1.29, 1.82) is 0 Å². The zero-order valence-corrected chi connectivity index (χ0v) is 20.5. The Labute approximate surface area is 221 Å². The van der Waals surface area contributed by atoms with Crippen LogP contribution in [0.1, 0.15) is 0 Å². The fraction of sp³-hybridized carbons (Fsp3) is 0. The summed E-state index contributed by atoms with van der Waals surface area (Å²) in [4.78, 5) is 14.5. The fourth-order valence-corrected chi connectivity index (χ4v) is 5.01. The Bertz CT molecular complexity index is 1850. The van der Waals surface area contributed by atoms with Crippen molar-refractivity contribution in [3.05, 3.63) is 127 Å². The Kier molecular flexibility index (Phi) is 5.33. The topological polar surface area (TPSA) is 43.6 Å². The molecule has 0 fully saturated rings. The predicted octanol–water partition coefficient (Wildman–Crippen LogP) is 6.76. The van der Waals surface area contributed by atoms with Crippen molar-refractivity contribution in [2.24, 2.45) is 0 Å². The van der Waals surface area contributed by atoms with Gasteiger partial charge in [-0.1, -0.05) is 103 Å². The number of hydrogen-bond donors (Lipinski definition) is 0. The zero-order valence-electron chi connectivity index (χ0n) is 20.5. The molecule has 0 bridgehead atoms. The molecule has 2 radical (unpaired) electrons. The van der Waals surface area contributed by atoms with E-state index in [2.05, 4.69) is 59.2 Å². The second-order valence-electron chi connectivity index (χ2n) is 9.18. The molecule has 0 saturated heterocycles. The molecule has 7 aromatic rings.